The van der Waals surface area contributed by atoms with Gasteiger partial charge in [0.05, 0.1) is 6.54 Å². The first-order valence-corrected chi connectivity index (χ1v) is 6.61. The molecule has 0 atom stereocenters. The van der Waals surface area contributed by atoms with E-state index in [0.29, 0.717) is 12.1 Å². The van der Waals surface area contributed by atoms with Gasteiger partial charge in [0, 0.05) is 39.3 Å². The van der Waals surface area contributed by atoms with Crippen molar-refractivity contribution >= 4 is 5.96 Å². The topological polar surface area (TPSA) is 30.9 Å². The SMILES string of the molecule is CCNC(=NCCN(C(C)C)C(C)C)N(C)C. The van der Waals surface area contributed by atoms with Crippen molar-refractivity contribution in [3.63, 3.8) is 0 Å². The molecular formula is C13H30N4. The highest BCUT2D eigenvalue weighted by molar-refractivity contribution is 5.79. The van der Waals surface area contributed by atoms with E-state index >= 15 is 0 Å². The molecule has 0 aliphatic rings. The molecule has 102 valence electrons. The molecule has 1 N–H and O–H groups in total. The number of hydrogen-bond donors (Lipinski definition) is 1. The van der Waals surface area contributed by atoms with Gasteiger partial charge in [-0.3, -0.25) is 9.89 Å². The second-order valence-corrected chi connectivity index (χ2v) is 5.06. The van der Waals surface area contributed by atoms with Crippen molar-refractivity contribution in [2.24, 2.45) is 4.99 Å². The van der Waals surface area contributed by atoms with Crippen LogP contribution < -0.4 is 5.32 Å². The van der Waals surface area contributed by atoms with Crippen LogP contribution in [0, 0.1) is 0 Å². The molecule has 0 aromatic carbocycles. The minimum Gasteiger partial charge on any atom is -0.357 e. The van der Waals surface area contributed by atoms with Crippen molar-refractivity contribution < 1.29 is 0 Å². The Morgan fingerprint density at radius 3 is 2.00 bits per heavy atom. The second kappa shape index (κ2) is 8.34. The van der Waals surface area contributed by atoms with Gasteiger partial charge < -0.3 is 10.2 Å². The summed E-state index contributed by atoms with van der Waals surface area (Å²) in [5, 5.41) is 3.27. The predicted octanol–water partition coefficient (Wildman–Crippen LogP) is 1.63. The molecule has 0 aromatic rings. The smallest absolute Gasteiger partial charge is 0.193 e. The lowest BCUT2D eigenvalue weighted by molar-refractivity contribution is 0.180. The largest absolute Gasteiger partial charge is 0.357 e. The first kappa shape index (κ1) is 16.2. The molecule has 0 radical (unpaired) electrons. The summed E-state index contributed by atoms with van der Waals surface area (Å²) >= 11 is 0. The van der Waals surface area contributed by atoms with Crippen molar-refractivity contribution in [1.29, 1.82) is 0 Å². The maximum atomic E-state index is 4.61. The normalized spacial score (nSPS) is 12.7. The average Bonchev–Trinajstić information content (AvgIpc) is 2.20. The average molecular weight is 242 g/mol. The lowest BCUT2D eigenvalue weighted by atomic mass is 10.2. The highest BCUT2D eigenvalue weighted by atomic mass is 15.3. The van der Waals surface area contributed by atoms with Crippen LogP contribution in [-0.2, 0) is 0 Å². The molecule has 0 amide bonds. The van der Waals surface area contributed by atoms with Crippen LogP contribution in [-0.4, -0.2) is 61.6 Å². The molecule has 0 unspecified atom stereocenters. The molecule has 0 fully saturated rings. The van der Waals surface area contributed by atoms with Gasteiger partial charge in [-0.15, -0.1) is 0 Å². The summed E-state index contributed by atoms with van der Waals surface area (Å²) in [7, 11) is 4.04. The zero-order chi connectivity index (χ0) is 13.4. The Labute approximate surface area is 107 Å². The van der Waals surface area contributed by atoms with Crippen molar-refractivity contribution in [2.75, 3.05) is 33.7 Å². The monoisotopic (exact) mass is 242 g/mol. The first-order valence-electron chi connectivity index (χ1n) is 6.61. The standard InChI is InChI=1S/C13H30N4/c1-8-14-13(16(6)7)15-9-10-17(11(2)3)12(4)5/h11-12H,8-10H2,1-7H3,(H,14,15). The molecule has 0 rings (SSSR count). The fourth-order valence-corrected chi connectivity index (χ4v) is 1.90. The van der Waals surface area contributed by atoms with Gasteiger partial charge in [-0.2, -0.15) is 0 Å². The zero-order valence-electron chi connectivity index (χ0n) is 12.6. The summed E-state index contributed by atoms with van der Waals surface area (Å²) in [4.78, 5) is 9.09. The quantitative estimate of drug-likeness (QED) is 0.567. The number of nitrogens with one attached hydrogen (secondary N) is 1. The fourth-order valence-electron chi connectivity index (χ4n) is 1.90. The van der Waals surface area contributed by atoms with Gasteiger partial charge >= 0.3 is 0 Å². The molecule has 0 spiro atoms. The summed E-state index contributed by atoms with van der Waals surface area (Å²) in [5.41, 5.74) is 0. The van der Waals surface area contributed by atoms with Crippen LogP contribution in [0.5, 0.6) is 0 Å². The van der Waals surface area contributed by atoms with Gasteiger partial charge in [-0.25, -0.2) is 0 Å². The van der Waals surface area contributed by atoms with Gasteiger partial charge in [0.2, 0.25) is 0 Å². The highest BCUT2D eigenvalue weighted by Gasteiger charge is 2.12. The second-order valence-electron chi connectivity index (χ2n) is 5.06. The lowest BCUT2D eigenvalue weighted by Gasteiger charge is -2.30. The maximum absolute atomic E-state index is 4.61. The van der Waals surface area contributed by atoms with Crippen LogP contribution in [0.3, 0.4) is 0 Å². The maximum Gasteiger partial charge on any atom is 0.193 e. The Balaban J connectivity index is 4.28. The molecule has 4 heteroatoms. The summed E-state index contributed by atoms with van der Waals surface area (Å²) in [6.07, 6.45) is 0. The molecule has 0 aliphatic heterocycles. The molecular weight excluding hydrogens is 212 g/mol. The van der Waals surface area contributed by atoms with Crippen LogP contribution in [0.2, 0.25) is 0 Å². The fraction of sp³-hybridized carbons (Fsp3) is 0.923. The summed E-state index contributed by atoms with van der Waals surface area (Å²) in [6, 6.07) is 1.15. The van der Waals surface area contributed by atoms with Gasteiger partial charge in [-0.1, -0.05) is 0 Å². The Kier molecular flexibility index (Phi) is 7.96. The highest BCUT2D eigenvalue weighted by Crippen LogP contribution is 2.03. The Morgan fingerprint density at radius 2 is 1.65 bits per heavy atom. The van der Waals surface area contributed by atoms with E-state index in [4.69, 9.17) is 0 Å². The van der Waals surface area contributed by atoms with Crippen molar-refractivity contribution in [1.82, 2.24) is 15.1 Å². The molecule has 0 saturated carbocycles. The molecule has 0 saturated heterocycles. The Hall–Kier alpha value is -0.770. The number of hydrogen-bond acceptors (Lipinski definition) is 2. The Bertz CT molecular complexity index is 213. The van der Waals surface area contributed by atoms with E-state index in [2.05, 4.69) is 49.8 Å². The van der Waals surface area contributed by atoms with E-state index in [1.54, 1.807) is 0 Å². The first-order chi connectivity index (χ1) is 7.90. The van der Waals surface area contributed by atoms with Crippen molar-refractivity contribution in [3.05, 3.63) is 0 Å². The predicted molar refractivity (Wildman–Crippen MR) is 76.6 cm³/mol. The number of guanidine groups is 1. The summed E-state index contributed by atoms with van der Waals surface area (Å²) in [6.45, 7) is 13.8. The number of aliphatic imine (C=N–C) groups is 1. The summed E-state index contributed by atoms with van der Waals surface area (Å²) < 4.78 is 0. The van der Waals surface area contributed by atoms with E-state index in [0.717, 1.165) is 25.6 Å². The molecule has 0 aromatic heterocycles. The molecule has 0 heterocycles. The van der Waals surface area contributed by atoms with Gasteiger partial charge in [-0.05, 0) is 34.6 Å². The molecule has 4 nitrogen and oxygen atoms in total. The molecule has 0 bridgehead atoms. The third-order valence-electron chi connectivity index (χ3n) is 2.70. The van der Waals surface area contributed by atoms with Crippen molar-refractivity contribution in [2.45, 2.75) is 46.7 Å². The Morgan fingerprint density at radius 1 is 1.12 bits per heavy atom. The minimum atomic E-state index is 0.576. The van der Waals surface area contributed by atoms with Gasteiger partial charge in [0.1, 0.15) is 0 Å². The van der Waals surface area contributed by atoms with Crippen LogP contribution >= 0.6 is 0 Å². The third-order valence-corrected chi connectivity index (χ3v) is 2.70. The third kappa shape index (κ3) is 6.51. The minimum absolute atomic E-state index is 0.576. The lowest BCUT2D eigenvalue weighted by Crippen LogP contribution is -2.40. The van der Waals surface area contributed by atoms with E-state index in [1.165, 1.54) is 0 Å². The number of nitrogens with zero attached hydrogens (tertiary/aromatic N) is 3. The van der Waals surface area contributed by atoms with Gasteiger partial charge in [0.15, 0.2) is 5.96 Å². The van der Waals surface area contributed by atoms with Crippen LogP contribution in [0.1, 0.15) is 34.6 Å². The van der Waals surface area contributed by atoms with Crippen molar-refractivity contribution in [3.8, 4) is 0 Å². The van der Waals surface area contributed by atoms with E-state index in [-0.39, 0.29) is 0 Å². The van der Waals surface area contributed by atoms with E-state index in [9.17, 15) is 0 Å². The molecule has 0 aliphatic carbocycles. The zero-order valence-corrected chi connectivity index (χ0v) is 12.6. The van der Waals surface area contributed by atoms with E-state index < -0.39 is 0 Å². The molecule has 17 heavy (non-hydrogen) atoms. The van der Waals surface area contributed by atoms with Crippen LogP contribution in [0.4, 0.5) is 0 Å². The van der Waals surface area contributed by atoms with E-state index in [1.807, 2.05) is 19.0 Å². The number of rotatable bonds is 6. The van der Waals surface area contributed by atoms with Gasteiger partial charge in [0.25, 0.3) is 0 Å². The summed E-state index contributed by atoms with van der Waals surface area (Å²) in [5.74, 6) is 0.972. The van der Waals surface area contributed by atoms with Crippen LogP contribution in [0.15, 0.2) is 4.99 Å². The van der Waals surface area contributed by atoms with Crippen LogP contribution in [0.25, 0.3) is 0 Å².